The Kier molecular flexibility index (Phi) is 7.25. The van der Waals surface area contributed by atoms with Gasteiger partial charge in [-0.05, 0) is 23.5 Å². The van der Waals surface area contributed by atoms with Gasteiger partial charge in [0.25, 0.3) is 0 Å². The summed E-state index contributed by atoms with van der Waals surface area (Å²) in [6.45, 7) is 10.8. The second kappa shape index (κ2) is 7.65. The molecule has 0 fully saturated rings. The van der Waals surface area contributed by atoms with Crippen LogP contribution in [0.2, 0.25) is 0 Å². The molecule has 2 unspecified atom stereocenters. The van der Waals surface area contributed by atoms with Crippen molar-refractivity contribution in [3.8, 4) is 0 Å². The Balaban J connectivity index is 0.00000361. The highest BCUT2D eigenvalue weighted by Crippen LogP contribution is 2.23. The van der Waals surface area contributed by atoms with Crippen molar-refractivity contribution in [2.75, 3.05) is 6.54 Å². The molecule has 0 spiro atoms. The van der Waals surface area contributed by atoms with E-state index in [0.717, 1.165) is 5.56 Å². The van der Waals surface area contributed by atoms with E-state index in [4.69, 9.17) is 5.73 Å². The van der Waals surface area contributed by atoms with Crippen LogP contribution in [0.3, 0.4) is 0 Å². The van der Waals surface area contributed by atoms with Crippen molar-refractivity contribution in [3.63, 3.8) is 0 Å². The zero-order chi connectivity index (χ0) is 14.6. The van der Waals surface area contributed by atoms with Gasteiger partial charge in [-0.3, -0.25) is 4.79 Å². The van der Waals surface area contributed by atoms with Crippen molar-refractivity contribution in [2.24, 2.45) is 11.7 Å². The van der Waals surface area contributed by atoms with Crippen LogP contribution < -0.4 is 11.1 Å². The molecule has 0 saturated heterocycles. The minimum atomic E-state index is -0.142. The molecule has 3 nitrogen and oxygen atoms in total. The predicted molar refractivity (Wildman–Crippen MR) is 87.2 cm³/mol. The van der Waals surface area contributed by atoms with Crippen LogP contribution in [0.15, 0.2) is 24.3 Å². The lowest BCUT2D eigenvalue weighted by atomic mass is 9.86. The number of halogens is 1. The first-order chi connectivity index (χ1) is 8.75. The van der Waals surface area contributed by atoms with Crippen LogP contribution >= 0.6 is 12.4 Å². The van der Waals surface area contributed by atoms with Crippen molar-refractivity contribution in [1.82, 2.24) is 5.32 Å². The molecular weight excluding hydrogens is 272 g/mol. The van der Waals surface area contributed by atoms with E-state index in [0.29, 0.717) is 6.54 Å². The van der Waals surface area contributed by atoms with Gasteiger partial charge in [-0.15, -0.1) is 12.4 Å². The minimum absolute atomic E-state index is 0. The van der Waals surface area contributed by atoms with Gasteiger partial charge in [0.2, 0.25) is 5.91 Å². The summed E-state index contributed by atoms with van der Waals surface area (Å²) < 4.78 is 0. The summed E-state index contributed by atoms with van der Waals surface area (Å²) in [5.41, 5.74) is 8.06. The molecule has 1 amide bonds. The lowest BCUT2D eigenvalue weighted by molar-refractivity contribution is -0.124. The van der Waals surface area contributed by atoms with Gasteiger partial charge in [-0.1, -0.05) is 52.0 Å². The van der Waals surface area contributed by atoms with Gasteiger partial charge in [0, 0.05) is 12.5 Å². The molecule has 4 heteroatoms. The summed E-state index contributed by atoms with van der Waals surface area (Å²) >= 11 is 0. The van der Waals surface area contributed by atoms with Crippen LogP contribution in [-0.2, 0) is 10.2 Å². The number of carbonyl (C=O) groups is 1. The number of carbonyl (C=O) groups excluding carboxylic acids is 1. The molecule has 0 saturated carbocycles. The van der Waals surface area contributed by atoms with Gasteiger partial charge in [-0.25, -0.2) is 0 Å². The highest BCUT2D eigenvalue weighted by molar-refractivity contribution is 5.85. The zero-order valence-electron chi connectivity index (χ0n) is 13.1. The largest absolute Gasteiger partial charge is 0.349 e. The van der Waals surface area contributed by atoms with Gasteiger partial charge in [0.15, 0.2) is 0 Å². The molecular formula is C16H27ClN2O. The third-order valence-electron chi connectivity index (χ3n) is 3.44. The molecule has 0 radical (unpaired) electrons. The highest BCUT2D eigenvalue weighted by Gasteiger charge is 2.16. The maximum Gasteiger partial charge on any atom is 0.224 e. The molecule has 1 rings (SSSR count). The van der Waals surface area contributed by atoms with E-state index < -0.39 is 0 Å². The van der Waals surface area contributed by atoms with E-state index in [1.165, 1.54) is 5.56 Å². The van der Waals surface area contributed by atoms with Crippen molar-refractivity contribution < 1.29 is 4.79 Å². The quantitative estimate of drug-likeness (QED) is 0.897. The number of hydrogen-bond donors (Lipinski definition) is 2. The molecule has 0 aliphatic carbocycles. The van der Waals surface area contributed by atoms with Crippen LogP contribution in [0.5, 0.6) is 0 Å². The minimum Gasteiger partial charge on any atom is -0.349 e. The van der Waals surface area contributed by atoms with E-state index in [-0.39, 0.29) is 35.7 Å². The van der Waals surface area contributed by atoms with Crippen molar-refractivity contribution in [3.05, 3.63) is 35.4 Å². The third kappa shape index (κ3) is 5.14. The Morgan fingerprint density at radius 3 is 2.10 bits per heavy atom. The molecule has 0 heterocycles. The fraction of sp³-hybridized carbons (Fsp3) is 0.562. The van der Waals surface area contributed by atoms with E-state index in [1.54, 1.807) is 0 Å². The van der Waals surface area contributed by atoms with Crippen molar-refractivity contribution in [2.45, 2.75) is 46.1 Å². The molecule has 0 aliphatic rings. The molecule has 2 atom stereocenters. The van der Waals surface area contributed by atoms with Crippen molar-refractivity contribution >= 4 is 18.3 Å². The maximum atomic E-state index is 11.8. The van der Waals surface area contributed by atoms with Gasteiger partial charge >= 0.3 is 0 Å². The van der Waals surface area contributed by atoms with Crippen LogP contribution in [0.1, 0.15) is 51.8 Å². The van der Waals surface area contributed by atoms with Gasteiger partial charge < -0.3 is 11.1 Å². The summed E-state index contributed by atoms with van der Waals surface area (Å²) in [4.78, 5) is 11.8. The zero-order valence-corrected chi connectivity index (χ0v) is 13.9. The van der Waals surface area contributed by atoms with E-state index in [9.17, 15) is 4.79 Å². The summed E-state index contributed by atoms with van der Waals surface area (Å²) in [6.07, 6.45) is 0. The van der Waals surface area contributed by atoms with Gasteiger partial charge in [0.1, 0.15) is 0 Å². The maximum absolute atomic E-state index is 11.8. The van der Waals surface area contributed by atoms with Crippen LogP contribution in [0, 0.1) is 5.92 Å². The molecule has 3 N–H and O–H groups in total. The number of benzene rings is 1. The van der Waals surface area contributed by atoms with Crippen LogP contribution in [0.25, 0.3) is 0 Å². The summed E-state index contributed by atoms with van der Waals surface area (Å²) in [5.74, 6) is -0.133. The normalized spacial score (nSPS) is 14.1. The number of hydrogen-bond acceptors (Lipinski definition) is 2. The van der Waals surface area contributed by atoms with E-state index in [2.05, 4.69) is 50.4 Å². The molecule has 1 aromatic carbocycles. The molecule has 0 aliphatic heterocycles. The van der Waals surface area contributed by atoms with E-state index >= 15 is 0 Å². The molecule has 0 bridgehead atoms. The monoisotopic (exact) mass is 298 g/mol. The first kappa shape index (κ1) is 18.9. The second-order valence-electron chi connectivity index (χ2n) is 6.24. The Morgan fingerprint density at radius 2 is 1.70 bits per heavy atom. The summed E-state index contributed by atoms with van der Waals surface area (Å²) in [5, 5.41) is 2.99. The number of nitrogens with two attached hydrogens (primary N) is 1. The number of amides is 1. The lowest BCUT2D eigenvalue weighted by Crippen LogP contribution is -2.34. The fourth-order valence-electron chi connectivity index (χ4n) is 1.82. The van der Waals surface area contributed by atoms with E-state index in [1.807, 2.05) is 13.8 Å². The number of nitrogens with one attached hydrogen (secondary N) is 1. The lowest BCUT2D eigenvalue weighted by Gasteiger charge is -2.21. The second-order valence-corrected chi connectivity index (χ2v) is 6.24. The van der Waals surface area contributed by atoms with Gasteiger partial charge in [0.05, 0.1) is 6.04 Å². The summed E-state index contributed by atoms with van der Waals surface area (Å²) in [6, 6.07) is 8.43. The van der Waals surface area contributed by atoms with Gasteiger partial charge in [-0.2, -0.15) is 0 Å². The molecule has 0 aromatic heterocycles. The Hall–Kier alpha value is -1.06. The SMILES string of the molecule is CC(CN)C(=O)NC(C)c1ccc(C(C)(C)C)cc1.Cl. The fourth-order valence-corrected chi connectivity index (χ4v) is 1.82. The smallest absolute Gasteiger partial charge is 0.224 e. The molecule has 20 heavy (non-hydrogen) atoms. The first-order valence-corrected chi connectivity index (χ1v) is 6.86. The number of rotatable bonds is 4. The topological polar surface area (TPSA) is 55.1 Å². The molecule has 114 valence electrons. The van der Waals surface area contributed by atoms with Crippen molar-refractivity contribution in [1.29, 1.82) is 0 Å². The van der Waals surface area contributed by atoms with Crippen LogP contribution in [-0.4, -0.2) is 12.5 Å². The Bertz CT molecular complexity index is 423. The van der Waals surface area contributed by atoms with Crippen LogP contribution in [0.4, 0.5) is 0 Å². The highest BCUT2D eigenvalue weighted by atomic mass is 35.5. The predicted octanol–water partition coefficient (Wildman–Crippen LogP) is 3.18. The molecule has 1 aromatic rings. The first-order valence-electron chi connectivity index (χ1n) is 6.86. The Labute approximate surface area is 128 Å². The Morgan fingerprint density at radius 1 is 1.20 bits per heavy atom. The average molecular weight is 299 g/mol. The average Bonchev–Trinajstić information content (AvgIpc) is 2.36. The summed E-state index contributed by atoms with van der Waals surface area (Å²) in [7, 11) is 0. The standard InChI is InChI=1S/C16H26N2O.ClH/c1-11(10-17)15(19)18-12(2)13-6-8-14(9-7-13)16(3,4)5;/h6-9,11-12H,10,17H2,1-5H3,(H,18,19);1H. The third-order valence-corrected chi connectivity index (χ3v) is 3.44.